The van der Waals surface area contributed by atoms with Gasteiger partial charge in [-0.2, -0.15) is 0 Å². The first-order valence-corrected chi connectivity index (χ1v) is 7.63. The molecule has 122 valence electrons. The summed E-state index contributed by atoms with van der Waals surface area (Å²) in [5.74, 6) is -0.801. The van der Waals surface area contributed by atoms with Crippen molar-refractivity contribution in [3.8, 4) is 0 Å². The maximum atomic E-state index is 13.2. The van der Waals surface area contributed by atoms with E-state index in [2.05, 4.69) is 15.6 Å². The zero-order valence-electron chi connectivity index (χ0n) is 12.7. The van der Waals surface area contributed by atoms with Gasteiger partial charge in [0.1, 0.15) is 11.0 Å². The third-order valence-electron chi connectivity index (χ3n) is 3.24. The Bertz CT molecular complexity index is 737. The molecule has 2 aromatic rings. The number of nitrogens with one attached hydrogen (secondary N) is 2. The van der Waals surface area contributed by atoms with Gasteiger partial charge in [0, 0.05) is 31.5 Å². The fourth-order valence-electron chi connectivity index (χ4n) is 2.09. The van der Waals surface area contributed by atoms with Crippen molar-refractivity contribution in [1.82, 2.24) is 15.6 Å². The van der Waals surface area contributed by atoms with E-state index in [-0.39, 0.29) is 22.5 Å². The summed E-state index contributed by atoms with van der Waals surface area (Å²) in [6, 6.07) is 5.72. The minimum atomic E-state index is -0.405. The van der Waals surface area contributed by atoms with E-state index in [0.29, 0.717) is 24.0 Å². The Labute approximate surface area is 138 Å². The quantitative estimate of drug-likeness (QED) is 0.629. The van der Waals surface area contributed by atoms with Crippen molar-refractivity contribution < 1.29 is 14.0 Å². The van der Waals surface area contributed by atoms with Crippen LogP contribution in [0.4, 0.5) is 4.39 Å². The molecule has 0 unspecified atom stereocenters. The van der Waals surface area contributed by atoms with Gasteiger partial charge in [-0.1, -0.05) is 11.6 Å². The number of carbonyl (C=O) groups excluding carboxylic acids is 2. The molecule has 0 fully saturated rings. The summed E-state index contributed by atoms with van der Waals surface area (Å²) in [6.07, 6.45) is 1.50. The molecule has 0 aliphatic carbocycles. The van der Waals surface area contributed by atoms with Gasteiger partial charge in [0.2, 0.25) is 5.91 Å². The summed E-state index contributed by atoms with van der Waals surface area (Å²) in [5, 5.41) is 6.13. The summed E-state index contributed by atoms with van der Waals surface area (Å²) >= 11 is 6.01. The number of hydrogen-bond donors (Lipinski definition) is 2. The van der Waals surface area contributed by atoms with Gasteiger partial charge in [0.05, 0.1) is 11.1 Å². The standard InChI is InChI=1S/C16H17ClFN3O2/c1-10(22)19-6-2-3-7-20-16(23)13-8-11-4-5-12(18)9-14(11)21-15(13)17/h4-5,8-9H,2-3,6-7H2,1H3,(H,19,22)(H,20,23). The van der Waals surface area contributed by atoms with Crippen LogP contribution in [0.25, 0.3) is 10.9 Å². The first-order chi connectivity index (χ1) is 11.0. The highest BCUT2D eigenvalue weighted by molar-refractivity contribution is 6.33. The Morgan fingerprint density at radius 2 is 1.87 bits per heavy atom. The molecule has 0 aliphatic rings. The highest BCUT2D eigenvalue weighted by Crippen LogP contribution is 2.21. The van der Waals surface area contributed by atoms with Crippen molar-refractivity contribution in [3.05, 3.63) is 40.8 Å². The van der Waals surface area contributed by atoms with E-state index in [1.807, 2.05) is 0 Å². The number of aromatic nitrogens is 1. The second-order valence-electron chi connectivity index (χ2n) is 5.11. The van der Waals surface area contributed by atoms with Crippen LogP contribution in [-0.4, -0.2) is 29.9 Å². The highest BCUT2D eigenvalue weighted by Gasteiger charge is 2.13. The van der Waals surface area contributed by atoms with Crippen LogP contribution in [0.3, 0.4) is 0 Å². The molecular formula is C16H17ClFN3O2. The molecule has 5 nitrogen and oxygen atoms in total. The molecule has 0 aliphatic heterocycles. The Morgan fingerprint density at radius 3 is 2.57 bits per heavy atom. The SMILES string of the molecule is CC(=O)NCCCCNC(=O)c1cc2ccc(F)cc2nc1Cl. The summed E-state index contributed by atoms with van der Waals surface area (Å²) in [6.45, 7) is 2.51. The molecule has 0 bridgehead atoms. The van der Waals surface area contributed by atoms with Crippen molar-refractivity contribution >= 4 is 34.3 Å². The molecule has 23 heavy (non-hydrogen) atoms. The number of halogens is 2. The summed E-state index contributed by atoms with van der Waals surface area (Å²) in [5.41, 5.74) is 0.662. The first kappa shape index (κ1) is 17.1. The minimum absolute atomic E-state index is 0.0406. The van der Waals surface area contributed by atoms with E-state index in [1.54, 1.807) is 12.1 Å². The number of pyridine rings is 1. The number of carbonyl (C=O) groups is 2. The molecule has 2 rings (SSSR count). The fourth-order valence-corrected chi connectivity index (χ4v) is 2.32. The van der Waals surface area contributed by atoms with Crippen LogP contribution >= 0.6 is 11.6 Å². The van der Waals surface area contributed by atoms with Crippen LogP contribution in [0.15, 0.2) is 24.3 Å². The van der Waals surface area contributed by atoms with Crippen molar-refractivity contribution in [3.63, 3.8) is 0 Å². The van der Waals surface area contributed by atoms with Crippen LogP contribution in [0.2, 0.25) is 5.15 Å². The third kappa shape index (κ3) is 4.89. The first-order valence-electron chi connectivity index (χ1n) is 7.26. The molecule has 0 radical (unpaired) electrons. The maximum Gasteiger partial charge on any atom is 0.254 e. The molecule has 0 saturated carbocycles. The second-order valence-corrected chi connectivity index (χ2v) is 5.47. The maximum absolute atomic E-state index is 13.2. The molecule has 0 spiro atoms. The third-order valence-corrected chi connectivity index (χ3v) is 3.53. The molecule has 1 heterocycles. The number of amides is 2. The lowest BCUT2D eigenvalue weighted by atomic mass is 10.1. The van der Waals surface area contributed by atoms with Gasteiger partial charge in [-0.15, -0.1) is 0 Å². The van der Waals surface area contributed by atoms with Crippen molar-refractivity contribution in [2.75, 3.05) is 13.1 Å². The topological polar surface area (TPSA) is 71.1 Å². The van der Waals surface area contributed by atoms with Gasteiger partial charge in [0.15, 0.2) is 0 Å². The van der Waals surface area contributed by atoms with E-state index in [1.165, 1.54) is 19.1 Å². The Kier molecular flexibility index (Phi) is 5.87. The van der Waals surface area contributed by atoms with Gasteiger partial charge in [0.25, 0.3) is 5.91 Å². The van der Waals surface area contributed by atoms with Crippen LogP contribution in [0.1, 0.15) is 30.1 Å². The largest absolute Gasteiger partial charge is 0.356 e. The van der Waals surface area contributed by atoms with Gasteiger partial charge >= 0.3 is 0 Å². The lowest BCUT2D eigenvalue weighted by molar-refractivity contribution is -0.118. The van der Waals surface area contributed by atoms with Crippen LogP contribution in [0.5, 0.6) is 0 Å². The molecule has 2 N–H and O–H groups in total. The van der Waals surface area contributed by atoms with Gasteiger partial charge < -0.3 is 10.6 Å². The number of unbranched alkanes of at least 4 members (excludes halogenated alkanes) is 1. The van der Waals surface area contributed by atoms with Gasteiger partial charge in [-0.25, -0.2) is 9.37 Å². The van der Waals surface area contributed by atoms with Crippen molar-refractivity contribution in [2.45, 2.75) is 19.8 Å². The van der Waals surface area contributed by atoms with E-state index < -0.39 is 5.82 Å². The Balaban J connectivity index is 1.94. The predicted molar refractivity (Wildman–Crippen MR) is 87.0 cm³/mol. The lowest BCUT2D eigenvalue weighted by Gasteiger charge is -2.08. The van der Waals surface area contributed by atoms with Crippen molar-refractivity contribution in [2.24, 2.45) is 0 Å². The highest BCUT2D eigenvalue weighted by atomic mass is 35.5. The molecule has 0 saturated heterocycles. The molecular weight excluding hydrogens is 321 g/mol. The van der Waals surface area contributed by atoms with E-state index in [0.717, 1.165) is 12.8 Å². The summed E-state index contributed by atoms with van der Waals surface area (Å²) < 4.78 is 13.2. The number of fused-ring (bicyclic) bond motifs is 1. The average molecular weight is 338 g/mol. The van der Waals surface area contributed by atoms with Crippen LogP contribution in [0, 0.1) is 5.82 Å². The fraction of sp³-hybridized carbons (Fsp3) is 0.312. The zero-order valence-corrected chi connectivity index (χ0v) is 13.4. The van der Waals surface area contributed by atoms with E-state index in [4.69, 9.17) is 11.6 Å². The Hall–Kier alpha value is -2.21. The Morgan fingerprint density at radius 1 is 1.17 bits per heavy atom. The number of hydrogen-bond acceptors (Lipinski definition) is 3. The second kappa shape index (κ2) is 7.87. The zero-order chi connectivity index (χ0) is 16.8. The molecule has 7 heteroatoms. The number of nitrogens with zero attached hydrogens (tertiary/aromatic N) is 1. The summed E-state index contributed by atoms with van der Waals surface area (Å²) in [7, 11) is 0. The number of rotatable bonds is 6. The van der Waals surface area contributed by atoms with Crippen LogP contribution < -0.4 is 10.6 Å². The molecule has 0 atom stereocenters. The van der Waals surface area contributed by atoms with Crippen molar-refractivity contribution in [1.29, 1.82) is 0 Å². The predicted octanol–water partition coefficient (Wildman–Crippen LogP) is 2.67. The molecule has 2 amide bonds. The van der Waals surface area contributed by atoms with Gasteiger partial charge in [-0.05, 0) is 31.0 Å². The normalized spacial score (nSPS) is 10.6. The minimum Gasteiger partial charge on any atom is -0.356 e. The monoisotopic (exact) mass is 337 g/mol. The smallest absolute Gasteiger partial charge is 0.254 e. The van der Waals surface area contributed by atoms with E-state index in [9.17, 15) is 14.0 Å². The van der Waals surface area contributed by atoms with E-state index >= 15 is 0 Å². The molecule has 1 aromatic heterocycles. The lowest BCUT2D eigenvalue weighted by Crippen LogP contribution is -2.26. The van der Waals surface area contributed by atoms with Gasteiger partial charge in [-0.3, -0.25) is 9.59 Å². The number of benzene rings is 1. The van der Waals surface area contributed by atoms with Crippen LogP contribution in [-0.2, 0) is 4.79 Å². The average Bonchev–Trinajstić information content (AvgIpc) is 2.49. The summed E-state index contributed by atoms with van der Waals surface area (Å²) in [4.78, 5) is 26.9. The molecule has 1 aromatic carbocycles.